The molecular weight excluding hydrogens is 188 g/mol. The molecule has 0 saturated carbocycles. The minimum Gasteiger partial charge on any atom is -0.380 e. The van der Waals surface area contributed by atoms with Crippen molar-refractivity contribution >= 4 is 0 Å². The molecule has 1 aliphatic heterocycles. The molecule has 1 unspecified atom stereocenters. The zero-order valence-corrected chi connectivity index (χ0v) is 10.3. The average molecular weight is 214 g/mol. The molecule has 90 valence electrons. The maximum absolute atomic E-state index is 5.60. The number of likely N-dealkylation sites (N-methyl/N-ethyl adjacent to an activating group) is 1. The van der Waals surface area contributed by atoms with Crippen LogP contribution in [0, 0.1) is 0 Å². The standard InChI is InChI=1S/C12H26N2O/c1-3-4-9-15-10-8-14-7-5-6-12(14)11-13-2/h12-13H,3-11H2,1-2H3. The number of hydrogen-bond donors (Lipinski definition) is 1. The lowest BCUT2D eigenvalue weighted by atomic mass is 10.2. The Bertz CT molecular complexity index is 153. The molecule has 15 heavy (non-hydrogen) atoms. The first kappa shape index (κ1) is 12.9. The molecule has 1 atom stereocenters. The quantitative estimate of drug-likeness (QED) is 0.620. The Morgan fingerprint density at radius 2 is 2.27 bits per heavy atom. The summed E-state index contributed by atoms with van der Waals surface area (Å²) < 4.78 is 5.60. The van der Waals surface area contributed by atoms with E-state index in [1.165, 1.54) is 32.2 Å². The van der Waals surface area contributed by atoms with Crippen molar-refractivity contribution in [2.45, 2.75) is 38.6 Å². The number of unbranched alkanes of at least 4 members (excludes halogenated alkanes) is 1. The molecule has 0 aromatic heterocycles. The highest BCUT2D eigenvalue weighted by Gasteiger charge is 2.22. The Morgan fingerprint density at radius 1 is 1.40 bits per heavy atom. The molecule has 0 radical (unpaired) electrons. The van der Waals surface area contributed by atoms with E-state index in [0.29, 0.717) is 0 Å². The lowest BCUT2D eigenvalue weighted by Gasteiger charge is -2.23. The van der Waals surface area contributed by atoms with Crippen LogP contribution in [0.2, 0.25) is 0 Å². The molecule has 0 aromatic rings. The van der Waals surface area contributed by atoms with Gasteiger partial charge in [0.2, 0.25) is 0 Å². The molecule has 3 heteroatoms. The second-order valence-electron chi connectivity index (χ2n) is 4.36. The van der Waals surface area contributed by atoms with Crippen LogP contribution in [0.25, 0.3) is 0 Å². The molecule has 0 amide bonds. The van der Waals surface area contributed by atoms with E-state index in [1.807, 2.05) is 7.05 Å². The molecule has 1 aliphatic rings. The van der Waals surface area contributed by atoms with Crippen molar-refractivity contribution in [3.8, 4) is 0 Å². The van der Waals surface area contributed by atoms with Crippen LogP contribution in [0.1, 0.15) is 32.6 Å². The molecule has 0 aromatic carbocycles. The topological polar surface area (TPSA) is 24.5 Å². The number of ether oxygens (including phenoxy) is 1. The Morgan fingerprint density at radius 3 is 3.00 bits per heavy atom. The molecule has 1 saturated heterocycles. The van der Waals surface area contributed by atoms with Crippen LogP contribution in [-0.4, -0.2) is 50.8 Å². The van der Waals surface area contributed by atoms with Crippen LogP contribution in [0.3, 0.4) is 0 Å². The van der Waals surface area contributed by atoms with Crippen molar-refractivity contribution in [3.05, 3.63) is 0 Å². The van der Waals surface area contributed by atoms with E-state index < -0.39 is 0 Å². The predicted octanol–water partition coefficient (Wildman–Crippen LogP) is 1.49. The van der Waals surface area contributed by atoms with Gasteiger partial charge in [-0.2, -0.15) is 0 Å². The van der Waals surface area contributed by atoms with Crippen LogP contribution in [0.4, 0.5) is 0 Å². The van der Waals surface area contributed by atoms with Gasteiger partial charge in [-0.25, -0.2) is 0 Å². The summed E-state index contributed by atoms with van der Waals surface area (Å²) in [5.74, 6) is 0. The minimum atomic E-state index is 0.741. The van der Waals surface area contributed by atoms with Crippen molar-refractivity contribution < 1.29 is 4.74 Å². The van der Waals surface area contributed by atoms with Gasteiger partial charge in [0, 0.05) is 25.7 Å². The van der Waals surface area contributed by atoms with Gasteiger partial charge in [-0.3, -0.25) is 4.90 Å². The van der Waals surface area contributed by atoms with Crippen LogP contribution < -0.4 is 5.32 Å². The molecule has 3 nitrogen and oxygen atoms in total. The molecule has 1 heterocycles. The largest absolute Gasteiger partial charge is 0.380 e. The molecule has 1 fully saturated rings. The maximum atomic E-state index is 5.60. The molecule has 0 aliphatic carbocycles. The summed E-state index contributed by atoms with van der Waals surface area (Å²) >= 11 is 0. The predicted molar refractivity (Wildman–Crippen MR) is 64.2 cm³/mol. The zero-order chi connectivity index (χ0) is 10.9. The fraction of sp³-hybridized carbons (Fsp3) is 1.00. The summed E-state index contributed by atoms with van der Waals surface area (Å²) in [6.07, 6.45) is 5.11. The number of rotatable bonds is 8. The van der Waals surface area contributed by atoms with E-state index in [-0.39, 0.29) is 0 Å². The van der Waals surface area contributed by atoms with E-state index in [4.69, 9.17) is 4.74 Å². The molecule has 1 rings (SSSR count). The van der Waals surface area contributed by atoms with Gasteiger partial charge in [-0.15, -0.1) is 0 Å². The van der Waals surface area contributed by atoms with Gasteiger partial charge in [-0.05, 0) is 32.9 Å². The fourth-order valence-electron chi connectivity index (χ4n) is 2.19. The minimum absolute atomic E-state index is 0.741. The first-order valence-electron chi connectivity index (χ1n) is 6.35. The highest BCUT2D eigenvalue weighted by Crippen LogP contribution is 2.15. The van der Waals surface area contributed by atoms with E-state index in [1.54, 1.807) is 0 Å². The van der Waals surface area contributed by atoms with Crippen molar-refractivity contribution in [2.75, 3.05) is 39.9 Å². The van der Waals surface area contributed by atoms with Crippen LogP contribution in [-0.2, 0) is 4.74 Å². The third kappa shape index (κ3) is 4.96. The third-order valence-electron chi connectivity index (χ3n) is 3.10. The number of nitrogens with one attached hydrogen (secondary N) is 1. The van der Waals surface area contributed by atoms with Crippen LogP contribution >= 0.6 is 0 Å². The Kier molecular flexibility index (Phi) is 6.98. The smallest absolute Gasteiger partial charge is 0.0593 e. The van der Waals surface area contributed by atoms with Gasteiger partial charge < -0.3 is 10.1 Å². The first-order chi connectivity index (χ1) is 7.38. The maximum Gasteiger partial charge on any atom is 0.0593 e. The second kappa shape index (κ2) is 8.08. The number of likely N-dealkylation sites (tertiary alicyclic amines) is 1. The number of nitrogens with zero attached hydrogens (tertiary/aromatic N) is 1. The summed E-state index contributed by atoms with van der Waals surface area (Å²) in [4.78, 5) is 2.56. The van der Waals surface area contributed by atoms with Crippen LogP contribution in [0.5, 0.6) is 0 Å². The van der Waals surface area contributed by atoms with Crippen molar-refractivity contribution in [2.24, 2.45) is 0 Å². The van der Waals surface area contributed by atoms with Gasteiger partial charge >= 0.3 is 0 Å². The summed E-state index contributed by atoms with van der Waals surface area (Å²) in [5, 5.41) is 3.27. The third-order valence-corrected chi connectivity index (χ3v) is 3.10. The zero-order valence-electron chi connectivity index (χ0n) is 10.3. The lowest BCUT2D eigenvalue weighted by Crippen LogP contribution is -2.38. The Balaban J connectivity index is 2.03. The number of hydrogen-bond acceptors (Lipinski definition) is 3. The molecule has 0 spiro atoms. The Hall–Kier alpha value is -0.120. The SMILES string of the molecule is CCCCOCCN1CCCC1CNC. The second-order valence-corrected chi connectivity index (χ2v) is 4.36. The normalized spacial score (nSPS) is 22.4. The van der Waals surface area contributed by atoms with Gasteiger partial charge in [0.25, 0.3) is 0 Å². The van der Waals surface area contributed by atoms with Gasteiger partial charge in [0.05, 0.1) is 6.61 Å². The van der Waals surface area contributed by atoms with E-state index >= 15 is 0 Å². The van der Waals surface area contributed by atoms with Crippen molar-refractivity contribution in [1.82, 2.24) is 10.2 Å². The monoisotopic (exact) mass is 214 g/mol. The average Bonchev–Trinajstić information content (AvgIpc) is 2.66. The Labute approximate surface area is 94.2 Å². The van der Waals surface area contributed by atoms with Gasteiger partial charge in [-0.1, -0.05) is 13.3 Å². The van der Waals surface area contributed by atoms with E-state index in [0.717, 1.165) is 32.3 Å². The highest BCUT2D eigenvalue weighted by atomic mass is 16.5. The molecule has 0 bridgehead atoms. The highest BCUT2D eigenvalue weighted by molar-refractivity contribution is 4.80. The fourth-order valence-corrected chi connectivity index (χ4v) is 2.19. The van der Waals surface area contributed by atoms with Crippen molar-refractivity contribution in [1.29, 1.82) is 0 Å². The van der Waals surface area contributed by atoms with Crippen molar-refractivity contribution in [3.63, 3.8) is 0 Å². The van der Waals surface area contributed by atoms with Gasteiger partial charge in [0.1, 0.15) is 0 Å². The molecule has 1 N–H and O–H groups in total. The summed E-state index contributed by atoms with van der Waals surface area (Å²) in [6, 6.07) is 0.741. The van der Waals surface area contributed by atoms with E-state index in [9.17, 15) is 0 Å². The summed E-state index contributed by atoms with van der Waals surface area (Å²) in [7, 11) is 2.04. The first-order valence-corrected chi connectivity index (χ1v) is 6.35. The summed E-state index contributed by atoms with van der Waals surface area (Å²) in [5.41, 5.74) is 0. The summed E-state index contributed by atoms with van der Waals surface area (Å²) in [6.45, 7) is 7.52. The van der Waals surface area contributed by atoms with Gasteiger partial charge in [0.15, 0.2) is 0 Å². The lowest BCUT2D eigenvalue weighted by molar-refractivity contribution is 0.0974. The van der Waals surface area contributed by atoms with E-state index in [2.05, 4.69) is 17.1 Å². The molecular formula is C12H26N2O. The van der Waals surface area contributed by atoms with Crippen LogP contribution in [0.15, 0.2) is 0 Å².